The molecule has 0 bridgehead atoms. The lowest BCUT2D eigenvalue weighted by Gasteiger charge is -2.38. The first kappa shape index (κ1) is 25.0. The van der Waals surface area contributed by atoms with E-state index in [1.54, 1.807) is 13.2 Å². The summed E-state index contributed by atoms with van der Waals surface area (Å²) in [5, 5.41) is 3.74. The van der Waals surface area contributed by atoms with Gasteiger partial charge in [-0.3, -0.25) is 4.79 Å². The molecule has 3 aliphatic heterocycles. The maximum absolute atomic E-state index is 14.3. The van der Waals surface area contributed by atoms with Gasteiger partial charge in [0.1, 0.15) is 23.7 Å². The number of carbonyl (C=O) groups excluding carboxylic acids is 1. The Balaban J connectivity index is 1.20. The third kappa shape index (κ3) is 5.23. The largest absolute Gasteiger partial charge is 0.379 e. The average molecular weight is 498 g/mol. The van der Waals surface area contributed by atoms with E-state index < -0.39 is 0 Å². The molecule has 0 saturated carbocycles. The number of piperidine rings is 1. The molecule has 4 heterocycles. The van der Waals surface area contributed by atoms with Gasteiger partial charge >= 0.3 is 0 Å². The first-order valence-corrected chi connectivity index (χ1v) is 13.0. The number of ether oxygens (including phenoxy) is 2. The number of anilines is 1. The molecule has 3 unspecified atom stereocenters. The number of aromatic nitrogens is 2. The van der Waals surface area contributed by atoms with E-state index in [1.807, 2.05) is 24.0 Å². The highest BCUT2D eigenvalue weighted by molar-refractivity contribution is 5.94. The van der Waals surface area contributed by atoms with Crippen molar-refractivity contribution in [1.82, 2.24) is 20.2 Å². The fraction of sp³-hybridized carbons (Fsp3) is 0.593. The molecule has 1 aromatic heterocycles. The van der Waals surface area contributed by atoms with Crippen molar-refractivity contribution >= 4 is 11.7 Å². The van der Waals surface area contributed by atoms with E-state index in [4.69, 9.17) is 9.47 Å². The van der Waals surface area contributed by atoms with E-state index in [-0.39, 0.29) is 29.8 Å². The smallest absolute Gasteiger partial charge is 0.272 e. The Morgan fingerprint density at radius 3 is 2.72 bits per heavy atom. The number of hydrogen-bond acceptors (Lipinski definition) is 7. The van der Waals surface area contributed by atoms with Crippen LogP contribution in [-0.2, 0) is 9.47 Å². The lowest BCUT2D eigenvalue weighted by molar-refractivity contribution is -0.0533. The summed E-state index contributed by atoms with van der Waals surface area (Å²) in [5.41, 5.74) is 2.00. The Labute approximate surface area is 212 Å². The first-order chi connectivity index (χ1) is 17.5. The van der Waals surface area contributed by atoms with Crippen LogP contribution in [-0.4, -0.2) is 85.5 Å². The fourth-order valence-electron chi connectivity index (χ4n) is 5.82. The number of amides is 1. The van der Waals surface area contributed by atoms with E-state index in [0.29, 0.717) is 38.0 Å². The number of rotatable bonds is 6. The molecule has 0 spiro atoms. The summed E-state index contributed by atoms with van der Waals surface area (Å²) in [5.74, 6) is 0.681. The molecule has 0 aliphatic carbocycles. The quantitative estimate of drug-likeness (QED) is 0.657. The molecule has 9 heteroatoms. The summed E-state index contributed by atoms with van der Waals surface area (Å²) >= 11 is 0. The van der Waals surface area contributed by atoms with Crippen molar-refractivity contribution in [2.45, 2.75) is 56.7 Å². The molecule has 3 aliphatic rings. The second-order valence-corrected chi connectivity index (χ2v) is 10.1. The molecule has 3 saturated heterocycles. The van der Waals surface area contributed by atoms with Crippen molar-refractivity contribution in [3.8, 4) is 0 Å². The van der Waals surface area contributed by atoms with Crippen molar-refractivity contribution < 1.29 is 18.7 Å². The Bertz CT molecular complexity index is 1060. The normalized spacial score (nSPS) is 25.4. The second kappa shape index (κ2) is 11.2. The van der Waals surface area contributed by atoms with Gasteiger partial charge in [-0.25, -0.2) is 14.4 Å². The predicted octanol–water partition coefficient (Wildman–Crippen LogP) is 2.92. The van der Waals surface area contributed by atoms with Crippen molar-refractivity contribution in [3.63, 3.8) is 0 Å². The van der Waals surface area contributed by atoms with E-state index >= 15 is 0 Å². The van der Waals surface area contributed by atoms with Crippen LogP contribution in [0.5, 0.6) is 0 Å². The summed E-state index contributed by atoms with van der Waals surface area (Å²) < 4.78 is 25.4. The number of methoxy groups -OCH3 is 1. The highest BCUT2D eigenvalue weighted by Crippen LogP contribution is 2.33. The highest BCUT2D eigenvalue weighted by atomic mass is 19.1. The minimum absolute atomic E-state index is 0.0414. The number of nitrogens with zero attached hydrogens (tertiary/aromatic N) is 4. The van der Waals surface area contributed by atoms with Crippen LogP contribution in [0, 0.1) is 12.7 Å². The van der Waals surface area contributed by atoms with Gasteiger partial charge in [0.25, 0.3) is 5.91 Å². The van der Waals surface area contributed by atoms with Gasteiger partial charge in [0.15, 0.2) is 0 Å². The average Bonchev–Trinajstić information content (AvgIpc) is 3.39. The van der Waals surface area contributed by atoms with Gasteiger partial charge in [-0.05, 0) is 44.2 Å². The molecule has 1 aromatic carbocycles. The monoisotopic (exact) mass is 497 g/mol. The number of hydrogen-bond donors (Lipinski definition) is 1. The van der Waals surface area contributed by atoms with Crippen molar-refractivity contribution in [2.24, 2.45) is 0 Å². The zero-order chi connectivity index (χ0) is 25.1. The Kier molecular flexibility index (Phi) is 7.79. The third-order valence-electron chi connectivity index (χ3n) is 7.93. The summed E-state index contributed by atoms with van der Waals surface area (Å²) in [6.45, 7) is 6.13. The Morgan fingerprint density at radius 2 is 1.94 bits per heavy atom. The van der Waals surface area contributed by atoms with Gasteiger partial charge in [-0.2, -0.15) is 0 Å². The van der Waals surface area contributed by atoms with Crippen molar-refractivity contribution in [3.05, 3.63) is 53.2 Å². The van der Waals surface area contributed by atoms with Gasteiger partial charge in [-0.15, -0.1) is 0 Å². The lowest BCUT2D eigenvalue weighted by atomic mass is 9.98. The molecular weight excluding hydrogens is 461 g/mol. The molecule has 3 fully saturated rings. The van der Waals surface area contributed by atoms with Crippen LogP contribution in [0.15, 0.2) is 30.6 Å². The number of likely N-dealkylation sites (tertiary alicyclic amines) is 1. The van der Waals surface area contributed by atoms with Gasteiger partial charge in [0.05, 0.1) is 12.7 Å². The summed E-state index contributed by atoms with van der Waals surface area (Å²) in [6.07, 6.45) is 5.14. The van der Waals surface area contributed by atoms with Crippen LogP contribution in [0.2, 0.25) is 0 Å². The van der Waals surface area contributed by atoms with Crippen molar-refractivity contribution in [1.29, 1.82) is 0 Å². The zero-order valence-corrected chi connectivity index (χ0v) is 21.2. The van der Waals surface area contributed by atoms with Gasteiger partial charge < -0.3 is 24.6 Å². The van der Waals surface area contributed by atoms with Crippen LogP contribution in [0.4, 0.5) is 10.2 Å². The number of carbonyl (C=O) groups is 1. The highest BCUT2D eigenvalue weighted by Gasteiger charge is 2.32. The van der Waals surface area contributed by atoms with Gasteiger partial charge in [0.2, 0.25) is 0 Å². The molecule has 3 atom stereocenters. The first-order valence-electron chi connectivity index (χ1n) is 13.0. The maximum atomic E-state index is 14.3. The van der Waals surface area contributed by atoms with Crippen LogP contribution < -0.4 is 10.2 Å². The predicted molar refractivity (Wildman–Crippen MR) is 135 cm³/mol. The molecule has 1 amide bonds. The maximum Gasteiger partial charge on any atom is 0.272 e. The molecule has 36 heavy (non-hydrogen) atoms. The topological polar surface area (TPSA) is 79.8 Å². The van der Waals surface area contributed by atoms with Crippen molar-refractivity contribution in [2.75, 3.05) is 51.4 Å². The van der Waals surface area contributed by atoms with E-state index in [9.17, 15) is 9.18 Å². The third-order valence-corrected chi connectivity index (χ3v) is 7.93. The number of halogens is 1. The molecule has 194 valence electrons. The SMILES string of the molecule is COC1COCCC1NC1CCN(C(=O)c2ncnc(N3CCC(c4ccccc4F)C3)c2C)CC1. The van der Waals surface area contributed by atoms with E-state index in [0.717, 1.165) is 55.8 Å². The molecular formula is C27H36FN5O3. The molecule has 8 nitrogen and oxygen atoms in total. The van der Waals surface area contributed by atoms with Crippen LogP contribution in [0.1, 0.15) is 53.2 Å². The Morgan fingerprint density at radius 1 is 1.14 bits per heavy atom. The molecule has 0 radical (unpaired) electrons. The molecule has 2 aromatic rings. The lowest BCUT2D eigenvalue weighted by Crippen LogP contribution is -2.54. The summed E-state index contributed by atoms with van der Waals surface area (Å²) in [4.78, 5) is 26.4. The number of benzene rings is 1. The fourth-order valence-corrected chi connectivity index (χ4v) is 5.82. The van der Waals surface area contributed by atoms with Crippen LogP contribution in [0.3, 0.4) is 0 Å². The standard InChI is InChI=1S/C27H36FN5O3/c1-18-25(27(34)32-12-8-20(9-13-32)31-23-10-14-36-16-24(23)35-2)29-17-30-26(18)33-11-7-19(15-33)21-5-3-4-6-22(21)28/h3-6,17,19-20,23-24,31H,7-16H2,1-2H3. The van der Waals surface area contributed by atoms with E-state index in [1.165, 1.54) is 12.4 Å². The molecule has 5 rings (SSSR count). The molecule has 1 N–H and O–H groups in total. The zero-order valence-electron chi connectivity index (χ0n) is 21.2. The summed E-state index contributed by atoms with van der Waals surface area (Å²) in [7, 11) is 1.73. The Hall–Kier alpha value is -2.62. The number of nitrogens with one attached hydrogen (secondary N) is 1. The summed E-state index contributed by atoms with van der Waals surface area (Å²) in [6, 6.07) is 7.63. The van der Waals surface area contributed by atoms with Crippen LogP contribution >= 0.6 is 0 Å². The van der Waals surface area contributed by atoms with Gasteiger partial charge in [0, 0.05) is 63.5 Å². The second-order valence-electron chi connectivity index (χ2n) is 10.1. The minimum Gasteiger partial charge on any atom is -0.379 e. The van der Waals surface area contributed by atoms with Gasteiger partial charge in [-0.1, -0.05) is 18.2 Å². The van der Waals surface area contributed by atoms with E-state index in [2.05, 4.69) is 20.2 Å². The van der Waals surface area contributed by atoms with Crippen LogP contribution in [0.25, 0.3) is 0 Å². The minimum atomic E-state index is -0.160.